The molecule has 2 aromatic heterocycles. The maximum Gasteiger partial charge on any atom is 0.232 e. The summed E-state index contributed by atoms with van der Waals surface area (Å²) >= 11 is 6.15. The number of aromatic nitrogens is 3. The minimum absolute atomic E-state index is 0.155. The van der Waals surface area contributed by atoms with Crippen LogP contribution in [0.1, 0.15) is 6.92 Å². The molecule has 0 bridgehead atoms. The van der Waals surface area contributed by atoms with Gasteiger partial charge in [-0.1, -0.05) is 11.6 Å². The number of hydrogen-bond donors (Lipinski definition) is 2. The van der Waals surface area contributed by atoms with Crippen LogP contribution in [0.4, 0.5) is 11.6 Å². The number of nitrogens with one attached hydrogen (secondary N) is 2. The van der Waals surface area contributed by atoms with Crippen molar-refractivity contribution in [2.75, 3.05) is 25.3 Å². The number of anilines is 2. The van der Waals surface area contributed by atoms with Gasteiger partial charge in [0.05, 0.1) is 34.7 Å². The molecule has 2 heterocycles. The van der Waals surface area contributed by atoms with Crippen LogP contribution in [-0.4, -0.2) is 43.3 Å². The van der Waals surface area contributed by atoms with Crippen molar-refractivity contribution in [1.82, 2.24) is 15.0 Å². The second-order valence-electron chi connectivity index (χ2n) is 5.40. The lowest BCUT2D eigenvalue weighted by molar-refractivity contribution is 0.331. The first-order chi connectivity index (χ1) is 12.3. The van der Waals surface area contributed by atoms with E-state index >= 15 is 0 Å². The molecule has 0 aliphatic rings. The van der Waals surface area contributed by atoms with Crippen LogP contribution in [0.15, 0.2) is 29.3 Å². The van der Waals surface area contributed by atoms with Gasteiger partial charge in [-0.15, -0.1) is 0 Å². The summed E-state index contributed by atoms with van der Waals surface area (Å²) in [5.41, 5.74) is 1.03. The van der Waals surface area contributed by atoms with Gasteiger partial charge in [-0.25, -0.2) is 8.42 Å². The standard InChI is InChI=1S/C16H17ClN4O4S/c1-4-25-15-13-10(17)8-18-14(13)20-16(21-15)19-11-6-5-9(26(3,22)23)7-12(11)24-2/h5-8H,4H2,1-3H3,(H2,18,19,20,21). The lowest BCUT2D eigenvalue weighted by Crippen LogP contribution is -2.04. The fraction of sp³-hybridized carbons (Fsp3) is 0.250. The Bertz CT molecular complexity index is 1070. The number of rotatable bonds is 6. The molecule has 3 rings (SSSR count). The highest BCUT2D eigenvalue weighted by molar-refractivity contribution is 7.90. The van der Waals surface area contributed by atoms with Gasteiger partial charge in [0, 0.05) is 18.5 Å². The molecule has 138 valence electrons. The van der Waals surface area contributed by atoms with Crippen molar-refractivity contribution in [3.63, 3.8) is 0 Å². The van der Waals surface area contributed by atoms with Gasteiger partial charge in [-0.05, 0) is 19.1 Å². The number of methoxy groups -OCH3 is 1. The molecule has 0 amide bonds. The second-order valence-corrected chi connectivity index (χ2v) is 7.83. The molecular formula is C16H17ClN4O4S. The third-order valence-electron chi connectivity index (χ3n) is 3.58. The Kier molecular flexibility index (Phi) is 4.92. The summed E-state index contributed by atoms with van der Waals surface area (Å²) in [5.74, 6) is 0.946. The Morgan fingerprint density at radius 1 is 1.31 bits per heavy atom. The number of hydrogen-bond acceptors (Lipinski definition) is 7. The molecule has 0 radical (unpaired) electrons. The fourth-order valence-electron chi connectivity index (χ4n) is 2.39. The highest BCUT2D eigenvalue weighted by Crippen LogP contribution is 2.33. The predicted molar refractivity (Wildman–Crippen MR) is 99.5 cm³/mol. The predicted octanol–water partition coefficient (Wildman–Crippen LogP) is 3.17. The molecule has 0 aliphatic heterocycles. The molecule has 0 atom stereocenters. The van der Waals surface area contributed by atoms with Gasteiger partial charge in [0.2, 0.25) is 11.8 Å². The molecule has 2 N–H and O–H groups in total. The van der Waals surface area contributed by atoms with Crippen LogP contribution in [0.25, 0.3) is 11.0 Å². The average molecular weight is 397 g/mol. The molecule has 0 saturated carbocycles. The Morgan fingerprint density at radius 3 is 2.73 bits per heavy atom. The van der Waals surface area contributed by atoms with E-state index in [1.165, 1.54) is 19.2 Å². The third-order valence-corrected chi connectivity index (χ3v) is 4.99. The number of benzene rings is 1. The summed E-state index contributed by atoms with van der Waals surface area (Å²) in [5, 5.41) is 4.08. The van der Waals surface area contributed by atoms with Crippen LogP contribution < -0.4 is 14.8 Å². The van der Waals surface area contributed by atoms with Gasteiger partial charge >= 0.3 is 0 Å². The van der Waals surface area contributed by atoms with E-state index in [0.717, 1.165) is 6.26 Å². The van der Waals surface area contributed by atoms with Crippen molar-refractivity contribution < 1.29 is 17.9 Å². The van der Waals surface area contributed by atoms with Crippen molar-refractivity contribution >= 4 is 44.1 Å². The molecule has 0 fully saturated rings. The first-order valence-electron chi connectivity index (χ1n) is 7.66. The van der Waals surface area contributed by atoms with Gasteiger partial charge in [0.15, 0.2) is 9.84 Å². The lowest BCUT2D eigenvalue weighted by Gasteiger charge is -2.12. The van der Waals surface area contributed by atoms with Gasteiger partial charge in [0.1, 0.15) is 11.4 Å². The molecule has 26 heavy (non-hydrogen) atoms. The van der Waals surface area contributed by atoms with Crippen molar-refractivity contribution in [2.45, 2.75) is 11.8 Å². The van der Waals surface area contributed by atoms with Gasteiger partial charge < -0.3 is 19.8 Å². The van der Waals surface area contributed by atoms with Gasteiger partial charge in [-0.3, -0.25) is 0 Å². The summed E-state index contributed by atoms with van der Waals surface area (Å²) in [6, 6.07) is 4.50. The molecular weight excluding hydrogens is 380 g/mol. The first-order valence-corrected chi connectivity index (χ1v) is 9.93. The van der Waals surface area contributed by atoms with Crippen molar-refractivity contribution in [1.29, 1.82) is 0 Å². The monoisotopic (exact) mass is 396 g/mol. The molecule has 8 nitrogen and oxygen atoms in total. The fourth-order valence-corrected chi connectivity index (χ4v) is 3.25. The molecule has 1 aromatic carbocycles. The van der Waals surface area contributed by atoms with Crippen LogP contribution in [0.3, 0.4) is 0 Å². The number of fused-ring (bicyclic) bond motifs is 1. The SMILES string of the molecule is CCOc1nc(Nc2ccc(S(C)(=O)=O)cc2OC)nc2[nH]cc(Cl)c12. The van der Waals surface area contributed by atoms with E-state index in [1.54, 1.807) is 12.3 Å². The van der Waals surface area contributed by atoms with E-state index in [-0.39, 0.29) is 10.8 Å². The third kappa shape index (κ3) is 3.54. The zero-order valence-corrected chi connectivity index (χ0v) is 15.9. The van der Waals surface area contributed by atoms with E-state index in [4.69, 9.17) is 21.1 Å². The lowest BCUT2D eigenvalue weighted by atomic mass is 10.3. The van der Waals surface area contributed by atoms with E-state index in [0.29, 0.717) is 40.0 Å². The molecule has 0 aliphatic carbocycles. The van der Waals surface area contributed by atoms with Crippen molar-refractivity contribution in [2.24, 2.45) is 0 Å². The summed E-state index contributed by atoms with van der Waals surface area (Å²) in [7, 11) is -1.89. The Balaban J connectivity index is 2.03. The van der Waals surface area contributed by atoms with Crippen LogP contribution in [0, 0.1) is 0 Å². The Morgan fingerprint density at radius 2 is 2.08 bits per heavy atom. The van der Waals surface area contributed by atoms with Gasteiger partial charge in [-0.2, -0.15) is 9.97 Å². The Labute approximate surface area is 155 Å². The number of aromatic amines is 1. The number of halogens is 1. The van der Waals surface area contributed by atoms with E-state index in [9.17, 15) is 8.42 Å². The zero-order chi connectivity index (χ0) is 18.9. The van der Waals surface area contributed by atoms with Crippen LogP contribution in [0.2, 0.25) is 5.02 Å². The second kappa shape index (κ2) is 7.00. The number of H-pyrrole nitrogens is 1. The molecule has 0 saturated heterocycles. The maximum absolute atomic E-state index is 11.7. The number of ether oxygens (including phenoxy) is 2. The summed E-state index contributed by atoms with van der Waals surface area (Å²) in [6.45, 7) is 2.26. The van der Waals surface area contributed by atoms with E-state index < -0.39 is 9.84 Å². The van der Waals surface area contributed by atoms with E-state index in [2.05, 4.69) is 20.3 Å². The molecule has 0 unspecified atom stereocenters. The quantitative estimate of drug-likeness (QED) is 0.659. The molecule has 10 heteroatoms. The summed E-state index contributed by atoms with van der Waals surface area (Å²) in [4.78, 5) is 11.8. The first kappa shape index (κ1) is 18.3. The highest BCUT2D eigenvalue weighted by Gasteiger charge is 2.16. The maximum atomic E-state index is 11.7. The van der Waals surface area contributed by atoms with Gasteiger partial charge in [0.25, 0.3) is 0 Å². The van der Waals surface area contributed by atoms with E-state index in [1.807, 2.05) is 6.92 Å². The topological polar surface area (TPSA) is 106 Å². The highest BCUT2D eigenvalue weighted by atomic mass is 35.5. The normalized spacial score (nSPS) is 11.5. The molecule has 0 spiro atoms. The minimum atomic E-state index is -3.34. The number of nitrogens with zero attached hydrogens (tertiary/aromatic N) is 2. The van der Waals surface area contributed by atoms with Crippen molar-refractivity contribution in [3.05, 3.63) is 29.4 Å². The number of sulfone groups is 1. The summed E-state index contributed by atoms with van der Waals surface area (Å²) in [6.07, 6.45) is 2.74. The molecule has 3 aromatic rings. The summed E-state index contributed by atoms with van der Waals surface area (Å²) < 4.78 is 34.2. The Hall–Kier alpha value is -2.52. The largest absolute Gasteiger partial charge is 0.495 e. The average Bonchev–Trinajstić information content (AvgIpc) is 2.96. The van der Waals surface area contributed by atoms with Crippen LogP contribution in [0.5, 0.6) is 11.6 Å². The smallest absolute Gasteiger partial charge is 0.232 e. The van der Waals surface area contributed by atoms with Crippen LogP contribution >= 0.6 is 11.6 Å². The zero-order valence-electron chi connectivity index (χ0n) is 14.3. The van der Waals surface area contributed by atoms with Crippen molar-refractivity contribution in [3.8, 4) is 11.6 Å². The minimum Gasteiger partial charge on any atom is -0.495 e. The van der Waals surface area contributed by atoms with Crippen LogP contribution in [-0.2, 0) is 9.84 Å².